The van der Waals surface area contributed by atoms with Crippen LogP contribution in [0.4, 0.5) is 0 Å². The van der Waals surface area contributed by atoms with Crippen LogP contribution in [-0.4, -0.2) is 30.1 Å². The maximum atomic E-state index is 11.6. The van der Waals surface area contributed by atoms with Crippen molar-refractivity contribution in [3.05, 3.63) is 0 Å². The molecule has 0 aromatic heterocycles. The normalized spacial score (nSPS) is 24.6. The summed E-state index contributed by atoms with van der Waals surface area (Å²) in [5.41, 5.74) is 11.2. The second-order valence-corrected chi connectivity index (χ2v) is 4.48. The second kappa shape index (κ2) is 3.64. The van der Waals surface area contributed by atoms with Crippen molar-refractivity contribution < 1.29 is 4.79 Å². The van der Waals surface area contributed by atoms with E-state index in [1.54, 1.807) is 4.90 Å². The topological polar surface area (TPSA) is 72.3 Å². The largest absolute Gasteiger partial charge is 0.327 e. The summed E-state index contributed by atoms with van der Waals surface area (Å²) >= 11 is 0. The molecule has 1 atom stereocenters. The molecule has 0 aromatic carbocycles. The van der Waals surface area contributed by atoms with Crippen molar-refractivity contribution in [1.82, 2.24) is 4.90 Å². The number of carbonyl (C=O) groups excluding carboxylic acids is 1. The van der Waals surface area contributed by atoms with Gasteiger partial charge in [0.1, 0.15) is 0 Å². The molecule has 1 aliphatic heterocycles. The van der Waals surface area contributed by atoms with Crippen LogP contribution in [0.2, 0.25) is 0 Å². The Morgan fingerprint density at radius 1 is 1.62 bits per heavy atom. The summed E-state index contributed by atoms with van der Waals surface area (Å²) in [6.45, 7) is 5.29. The predicted octanol–water partition coefficient (Wildman–Crippen LogP) is -0.121. The van der Waals surface area contributed by atoms with Gasteiger partial charge in [-0.15, -0.1) is 0 Å². The van der Waals surface area contributed by atoms with Gasteiger partial charge < -0.3 is 16.4 Å². The van der Waals surface area contributed by atoms with Crippen molar-refractivity contribution in [1.29, 1.82) is 0 Å². The first-order chi connectivity index (χ1) is 5.96. The molecule has 76 valence electrons. The summed E-state index contributed by atoms with van der Waals surface area (Å²) in [4.78, 5) is 13.3. The smallest absolute Gasteiger partial charge is 0.224 e. The van der Waals surface area contributed by atoms with Crippen LogP contribution >= 0.6 is 0 Å². The summed E-state index contributed by atoms with van der Waals surface area (Å²) in [7, 11) is 0. The fourth-order valence-corrected chi connectivity index (χ4v) is 1.63. The average Bonchev–Trinajstić information content (AvgIpc) is 2.01. The zero-order valence-electron chi connectivity index (χ0n) is 8.42. The molecule has 1 saturated heterocycles. The quantitative estimate of drug-likeness (QED) is 0.630. The monoisotopic (exact) mass is 185 g/mol. The standard InChI is InChI=1S/C9H19N3O/c1-9(2)3-4-12(7(11)6-10)8(13)5-9/h7H,3-6,10-11H2,1-2H3. The second-order valence-electron chi connectivity index (χ2n) is 4.48. The number of nitrogens with two attached hydrogens (primary N) is 2. The number of carbonyl (C=O) groups is 1. The van der Waals surface area contributed by atoms with Gasteiger partial charge in [0.25, 0.3) is 0 Å². The molecule has 1 amide bonds. The predicted molar refractivity (Wildman–Crippen MR) is 51.8 cm³/mol. The summed E-state index contributed by atoms with van der Waals surface area (Å²) in [6.07, 6.45) is 1.29. The Hall–Kier alpha value is -0.610. The van der Waals surface area contributed by atoms with Crippen molar-refractivity contribution in [3.8, 4) is 0 Å². The van der Waals surface area contributed by atoms with E-state index in [-0.39, 0.29) is 17.5 Å². The van der Waals surface area contributed by atoms with Gasteiger partial charge in [0.2, 0.25) is 5.91 Å². The molecule has 1 fully saturated rings. The van der Waals surface area contributed by atoms with Gasteiger partial charge in [-0.3, -0.25) is 4.79 Å². The van der Waals surface area contributed by atoms with Crippen LogP contribution in [0.25, 0.3) is 0 Å². The third-order valence-corrected chi connectivity index (χ3v) is 2.62. The van der Waals surface area contributed by atoms with E-state index in [1.165, 1.54) is 0 Å². The highest BCUT2D eigenvalue weighted by Gasteiger charge is 2.33. The van der Waals surface area contributed by atoms with Gasteiger partial charge in [-0.2, -0.15) is 0 Å². The molecular formula is C9H19N3O. The molecule has 0 radical (unpaired) electrons. The Kier molecular flexibility index (Phi) is 2.93. The highest BCUT2D eigenvalue weighted by Crippen LogP contribution is 2.30. The first-order valence-electron chi connectivity index (χ1n) is 4.71. The summed E-state index contributed by atoms with van der Waals surface area (Å²) < 4.78 is 0. The first-order valence-corrected chi connectivity index (χ1v) is 4.71. The van der Waals surface area contributed by atoms with E-state index in [4.69, 9.17) is 11.5 Å². The fourth-order valence-electron chi connectivity index (χ4n) is 1.63. The minimum Gasteiger partial charge on any atom is -0.327 e. The zero-order chi connectivity index (χ0) is 10.1. The minimum atomic E-state index is -0.302. The minimum absolute atomic E-state index is 0.127. The Labute approximate surface area is 79.3 Å². The Morgan fingerprint density at radius 2 is 2.23 bits per heavy atom. The summed E-state index contributed by atoms with van der Waals surface area (Å²) in [5.74, 6) is 0.134. The summed E-state index contributed by atoms with van der Waals surface area (Å²) in [6, 6.07) is 0. The third-order valence-electron chi connectivity index (χ3n) is 2.62. The van der Waals surface area contributed by atoms with E-state index >= 15 is 0 Å². The van der Waals surface area contributed by atoms with Crippen molar-refractivity contribution >= 4 is 5.91 Å². The van der Waals surface area contributed by atoms with E-state index in [0.717, 1.165) is 13.0 Å². The van der Waals surface area contributed by atoms with E-state index in [2.05, 4.69) is 13.8 Å². The van der Waals surface area contributed by atoms with Crippen molar-refractivity contribution in [2.75, 3.05) is 13.1 Å². The Morgan fingerprint density at radius 3 is 2.69 bits per heavy atom. The van der Waals surface area contributed by atoms with Crippen molar-refractivity contribution in [2.45, 2.75) is 32.9 Å². The van der Waals surface area contributed by atoms with Gasteiger partial charge >= 0.3 is 0 Å². The van der Waals surface area contributed by atoms with Crippen LogP contribution < -0.4 is 11.5 Å². The van der Waals surface area contributed by atoms with Gasteiger partial charge in [0, 0.05) is 19.5 Å². The molecule has 13 heavy (non-hydrogen) atoms. The molecule has 1 heterocycles. The number of piperidine rings is 1. The number of likely N-dealkylation sites (tertiary alicyclic amines) is 1. The lowest BCUT2D eigenvalue weighted by Crippen LogP contribution is -2.54. The third kappa shape index (κ3) is 2.42. The number of hydrogen-bond acceptors (Lipinski definition) is 3. The van der Waals surface area contributed by atoms with Gasteiger partial charge in [-0.05, 0) is 11.8 Å². The molecular weight excluding hydrogens is 166 g/mol. The number of rotatable bonds is 2. The zero-order valence-corrected chi connectivity index (χ0v) is 8.42. The van der Waals surface area contributed by atoms with Crippen LogP contribution in [0.15, 0.2) is 0 Å². The molecule has 1 aliphatic rings. The number of hydrogen-bond donors (Lipinski definition) is 2. The van der Waals surface area contributed by atoms with E-state index < -0.39 is 0 Å². The van der Waals surface area contributed by atoms with E-state index in [1.807, 2.05) is 0 Å². The molecule has 0 bridgehead atoms. The number of amides is 1. The molecule has 1 rings (SSSR count). The molecule has 4 heteroatoms. The van der Waals surface area contributed by atoms with E-state index in [9.17, 15) is 4.79 Å². The first kappa shape index (κ1) is 10.5. The molecule has 0 spiro atoms. The van der Waals surface area contributed by atoms with Crippen LogP contribution in [0.5, 0.6) is 0 Å². The van der Waals surface area contributed by atoms with Crippen LogP contribution in [0, 0.1) is 5.41 Å². The van der Waals surface area contributed by atoms with Crippen molar-refractivity contribution in [3.63, 3.8) is 0 Å². The van der Waals surface area contributed by atoms with Gasteiger partial charge in [0.05, 0.1) is 6.17 Å². The number of nitrogens with zero attached hydrogens (tertiary/aromatic N) is 1. The highest BCUT2D eigenvalue weighted by atomic mass is 16.2. The van der Waals surface area contributed by atoms with Crippen LogP contribution in [0.1, 0.15) is 26.7 Å². The molecule has 0 aliphatic carbocycles. The van der Waals surface area contributed by atoms with Gasteiger partial charge in [-0.25, -0.2) is 0 Å². The molecule has 4 nitrogen and oxygen atoms in total. The Bertz CT molecular complexity index is 203. The Balaban J connectivity index is 2.59. The lowest BCUT2D eigenvalue weighted by atomic mass is 9.82. The highest BCUT2D eigenvalue weighted by molar-refractivity contribution is 5.78. The molecule has 0 saturated carbocycles. The van der Waals surface area contributed by atoms with E-state index in [0.29, 0.717) is 13.0 Å². The van der Waals surface area contributed by atoms with Gasteiger partial charge in [-0.1, -0.05) is 13.8 Å². The lowest BCUT2D eigenvalue weighted by Gasteiger charge is -2.39. The SMILES string of the molecule is CC1(C)CCN(C(N)CN)C(=O)C1. The molecule has 0 aromatic rings. The van der Waals surface area contributed by atoms with Crippen LogP contribution in [-0.2, 0) is 4.79 Å². The lowest BCUT2D eigenvalue weighted by molar-refractivity contribution is -0.139. The summed E-state index contributed by atoms with van der Waals surface area (Å²) in [5, 5.41) is 0. The van der Waals surface area contributed by atoms with Crippen molar-refractivity contribution in [2.24, 2.45) is 16.9 Å². The maximum Gasteiger partial charge on any atom is 0.224 e. The average molecular weight is 185 g/mol. The van der Waals surface area contributed by atoms with Crippen LogP contribution in [0.3, 0.4) is 0 Å². The maximum absolute atomic E-state index is 11.6. The van der Waals surface area contributed by atoms with Gasteiger partial charge in [0.15, 0.2) is 0 Å². The molecule has 1 unspecified atom stereocenters. The fraction of sp³-hybridized carbons (Fsp3) is 0.889. The molecule has 4 N–H and O–H groups in total.